The molecule has 0 saturated carbocycles. The maximum Gasteiger partial charge on any atom is 0.340 e. The van der Waals surface area contributed by atoms with Crippen LogP contribution in [0.5, 0.6) is 5.75 Å². The molecule has 0 bridgehead atoms. The fraction of sp³-hybridized carbons (Fsp3) is 0.500. The molecule has 1 N–H and O–H groups in total. The van der Waals surface area contributed by atoms with E-state index in [1.165, 1.54) is 6.92 Å². The molecule has 0 fully saturated rings. The molecule has 0 radical (unpaired) electrons. The van der Waals surface area contributed by atoms with Crippen LogP contribution in [0.2, 0.25) is 0 Å². The van der Waals surface area contributed by atoms with E-state index in [1.807, 2.05) is 56.6 Å². The Morgan fingerprint density at radius 1 is 1.25 bits per heavy atom. The Hall–Kier alpha value is -2.25. The molecular weight excluding hydrogens is 382 g/mol. The minimum Gasteiger partial charge on any atom is -0.489 e. The molecule has 0 atom stereocenters. The molecule has 0 saturated heterocycles. The Kier molecular flexibility index (Phi) is 8.32. The van der Waals surface area contributed by atoms with E-state index in [0.717, 1.165) is 16.6 Å². The summed E-state index contributed by atoms with van der Waals surface area (Å²) in [6.45, 7) is 7.95. The van der Waals surface area contributed by atoms with Crippen LogP contribution in [0, 0.1) is 0 Å². The summed E-state index contributed by atoms with van der Waals surface area (Å²) in [5.74, 6) is -0.0146. The topological polar surface area (TPSA) is 72.8 Å². The molecule has 7 nitrogen and oxygen atoms in total. The van der Waals surface area contributed by atoms with Gasteiger partial charge in [0.2, 0.25) is 5.91 Å². The largest absolute Gasteiger partial charge is 0.489 e. The van der Waals surface area contributed by atoms with Crippen molar-refractivity contribution in [3.63, 3.8) is 0 Å². The smallest absolute Gasteiger partial charge is 0.340 e. The zero-order chi connectivity index (χ0) is 20.3. The number of ether oxygens (including phenoxy) is 2. The van der Waals surface area contributed by atoms with Crippen LogP contribution in [0.1, 0.15) is 43.7 Å². The highest BCUT2D eigenvalue weighted by Crippen LogP contribution is 2.36. The number of rotatable bonds is 7. The summed E-state index contributed by atoms with van der Waals surface area (Å²) < 4.78 is 13.2. The van der Waals surface area contributed by atoms with Gasteiger partial charge in [-0.3, -0.25) is 4.79 Å². The number of esters is 1. The predicted molar refractivity (Wildman–Crippen MR) is 114 cm³/mol. The first-order chi connectivity index (χ1) is 12.6. The van der Waals surface area contributed by atoms with Gasteiger partial charge in [0.1, 0.15) is 5.75 Å². The number of carbonyl (C=O) groups is 2. The number of benzene rings is 1. The van der Waals surface area contributed by atoms with Gasteiger partial charge in [-0.2, -0.15) is 0 Å². The van der Waals surface area contributed by atoms with Crippen LogP contribution in [0.3, 0.4) is 0 Å². The van der Waals surface area contributed by atoms with E-state index in [-0.39, 0.29) is 30.4 Å². The summed E-state index contributed by atoms with van der Waals surface area (Å²) >= 11 is 0. The van der Waals surface area contributed by atoms with Gasteiger partial charge in [-0.15, -0.1) is 12.4 Å². The molecule has 1 aromatic carbocycles. The minimum absolute atomic E-state index is 0. The summed E-state index contributed by atoms with van der Waals surface area (Å²) in [7, 11) is 5.80. The lowest BCUT2D eigenvalue weighted by Crippen LogP contribution is -2.17. The van der Waals surface area contributed by atoms with Crippen molar-refractivity contribution in [1.82, 2.24) is 9.47 Å². The number of nitrogens with one attached hydrogen (secondary N) is 1. The molecule has 0 aliphatic heterocycles. The number of aryl methyl sites for hydroxylation is 1. The number of aromatic nitrogens is 1. The molecule has 2 rings (SSSR count). The molecule has 156 valence electrons. The van der Waals surface area contributed by atoms with Gasteiger partial charge in [0.25, 0.3) is 0 Å². The summed E-state index contributed by atoms with van der Waals surface area (Å²) in [6.07, 6.45) is -0.0778. The average Bonchev–Trinajstić information content (AvgIpc) is 2.78. The van der Waals surface area contributed by atoms with Gasteiger partial charge >= 0.3 is 5.97 Å². The SMILES string of the molecule is CCOC(=O)c1c(CN(C)C)n(C)c2cc(NC(C)=O)c(OC(C)C)cc12.Cl. The van der Waals surface area contributed by atoms with Crippen LogP contribution in [-0.2, 0) is 23.1 Å². The molecule has 0 unspecified atom stereocenters. The van der Waals surface area contributed by atoms with Crippen molar-refractivity contribution >= 4 is 40.9 Å². The first-order valence-electron chi connectivity index (χ1n) is 9.07. The molecule has 8 heteroatoms. The lowest BCUT2D eigenvalue weighted by Gasteiger charge is -2.15. The number of halogens is 1. The molecule has 2 aromatic rings. The summed E-state index contributed by atoms with van der Waals surface area (Å²) in [6, 6.07) is 3.66. The van der Waals surface area contributed by atoms with Gasteiger partial charge in [0.15, 0.2) is 0 Å². The van der Waals surface area contributed by atoms with Crippen molar-refractivity contribution in [3.05, 3.63) is 23.4 Å². The standard InChI is InChI=1S/C20H29N3O4.ClH/c1-8-26-20(25)19-14-9-18(27-12(2)3)15(21-13(4)24)10-16(14)23(7)17(19)11-22(5)6;/h9-10,12H,8,11H2,1-7H3,(H,21,24);1H. The number of hydrogen-bond acceptors (Lipinski definition) is 5. The van der Waals surface area contributed by atoms with E-state index in [2.05, 4.69) is 5.32 Å². The van der Waals surface area contributed by atoms with Gasteiger partial charge in [-0.25, -0.2) is 4.79 Å². The maximum atomic E-state index is 12.7. The molecule has 0 aliphatic carbocycles. The van der Waals surface area contributed by atoms with Crippen molar-refractivity contribution in [1.29, 1.82) is 0 Å². The van der Waals surface area contributed by atoms with Gasteiger partial charge in [-0.05, 0) is 47.0 Å². The van der Waals surface area contributed by atoms with Crippen molar-refractivity contribution < 1.29 is 19.1 Å². The zero-order valence-electron chi connectivity index (χ0n) is 17.6. The van der Waals surface area contributed by atoms with Gasteiger partial charge in [0, 0.05) is 31.6 Å². The highest BCUT2D eigenvalue weighted by molar-refractivity contribution is 6.08. The van der Waals surface area contributed by atoms with Crippen LogP contribution >= 0.6 is 12.4 Å². The van der Waals surface area contributed by atoms with Crippen LogP contribution in [0.15, 0.2) is 12.1 Å². The van der Waals surface area contributed by atoms with E-state index < -0.39 is 0 Å². The Morgan fingerprint density at radius 2 is 1.89 bits per heavy atom. The van der Waals surface area contributed by atoms with E-state index in [9.17, 15) is 9.59 Å². The molecule has 28 heavy (non-hydrogen) atoms. The monoisotopic (exact) mass is 411 g/mol. The van der Waals surface area contributed by atoms with Crippen LogP contribution in [0.25, 0.3) is 10.9 Å². The second kappa shape index (κ2) is 9.80. The highest BCUT2D eigenvalue weighted by Gasteiger charge is 2.24. The van der Waals surface area contributed by atoms with Gasteiger partial charge in [-0.1, -0.05) is 0 Å². The van der Waals surface area contributed by atoms with Crippen molar-refractivity contribution in [2.45, 2.75) is 40.3 Å². The first-order valence-corrected chi connectivity index (χ1v) is 9.07. The van der Waals surface area contributed by atoms with Crippen LogP contribution < -0.4 is 10.1 Å². The first kappa shape index (κ1) is 23.8. The highest BCUT2D eigenvalue weighted by atomic mass is 35.5. The minimum atomic E-state index is -0.359. The van der Waals surface area contributed by atoms with Crippen molar-refractivity contribution in [3.8, 4) is 5.75 Å². The quantitative estimate of drug-likeness (QED) is 0.705. The predicted octanol–water partition coefficient (Wildman–Crippen LogP) is 3.58. The fourth-order valence-electron chi connectivity index (χ4n) is 3.07. The maximum absolute atomic E-state index is 12.7. The molecule has 1 heterocycles. The Bertz CT molecular complexity index is 859. The normalized spacial score (nSPS) is 10.9. The number of anilines is 1. The van der Waals surface area contributed by atoms with Gasteiger partial charge < -0.3 is 24.3 Å². The average molecular weight is 412 g/mol. The Balaban J connectivity index is 0.00000392. The summed E-state index contributed by atoms with van der Waals surface area (Å²) in [4.78, 5) is 26.3. The molecule has 1 aromatic heterocycles. The van der Waals surface area contributed by atoms with E-state index >= 15 is 0 Å². The van der Waals surface area contributed by atoms with E-state index in [0.29, 0.717) is 30.2 Å². The van der Waals surface area contributed by atoms with Crippen LogP contribution in [-0.4, -0.2) is 48.1 Å². The second-order valence-electron chi connectivity index (χ2n) is 7.05. The molecule has 0 aliphatic rings. The van der Waals surface area contributed by atoms with Crippen molar-refractivity contribution in [2.24, 2.45) is 7.05 Å². The fourth-order valence-corrected chi connectivity index (χ4v) is 3.07. The number of amides is 1. The zero-order valence-corrected chi connectivity index (χ0v) is 18.4. The van der Waals surface area contributed by atoms with E-state index in [4.69, 9.17) is 9.47 Å². The van der Waals surface area contributed by atoms with Crippen molar-refractivity contribution in [2.75, 3.05) is 26.0 Å². The molecule has 0 spiro atoms. The number of hydrogen-bond donors (Lipinski definition) is 1. The Morgan fingerprint density at radius 3 is 2.39 bits per heavy atom. The lowest BCUT2D eigenvalue weighted by molar-refractivity contribution is -0.114. The Labute approximate surface area is 172 Å². The molecular formula is C20H30ClN3O4. The second-order valence-corrected chi connectivity index (χ2v) is 7.05. The van der Waals surface area contributed by atoms with Crippen LogP contribution in [0.4, 0.5) is 5.69 Å². The molecule has 1 amide bonds. The summed E-state index contributed by atoms with van der Waals surface area (Å²) in [5.41, 5.74) is 2.79. The number of fused-ring (bicyclic) bond motifs is 1. The number of carbonyl (C=O) groups excluding carboxylic acids is 2. The third-order valence-corrected chi connectivity index (χ3v) is 4.04. The third kappa shape index (κ3) is 5.17. The lowest BCUT2D eigenvalue weighted by atomic mass is 10.1. The van der Waals surface area contributed by atoms with E-state index in [1.54, 1.807) is 6.92 Å². The summed E-state index contributed by atoms with van der Waals surface area (Å²) in [5, 5.41) is 3.57. The number of nitrogens with zero attached hydrogens (tertiary/aromatic N) is 2. The third-order valence-electron chi connectivity index (χ3n) is 4.04. The van der Waals surface area contributed by atoms with Gasteiger partial charge in [0.05, 0.1) is 29.5 Å².